The zero-order valence-corrected chi connectivity index (χ0v) is 20.3. The third-order valence-electron chi connectivity index (χ3n) is 6.20. The number of benzene rings is 2. The molecule has 0 radical (unpaired) electrons. The standard InChI is InChI=1S/C26H27N3O5S/c1-15(25(32)27-12-23-29-17(14-35-23)11-24(30)31)16(2)28-26(33)34-13-22-20-9-5-3-7-18(20)19-8-4-6-10-21(19)22/h3-10,14-16,22H,11-13H2,1-2H3,(H,27,32)(H,28,33)(H,30,31). The molecular formula is C26H27N3O5S. The molecule has 2 aromatic carbocycles. The fourth-order valence-corrected chi connectivity index (χ4v) is 4.90. The van der Waals surface area contributed by atoms with E-state index < -0.39 is 24.0 Å². The van der Waals surface area contributed by atoms with Crippen molar-refractivity contribution < 1.29 is 24.2 Å². The highest BCUT2D eigenvalue weighted by molar-refractivity contribution is 7.09. The number of alkyl carbamates (subject to hydrolysis) is 1. The first-order valence-corrected chi connectivity index (χ1v) is 12.3. The van der Waals surface area contributed by atoms with Crippen LogP contribution in [0.3, 0.4) is 0 Å². The van der Waals surface area contributed by atoms with Gasteiger partial charge in [0.2, 0.25) is 5.91 Å². The predicted molar refractivity (Wildman–Crippen MR) is 132 cm³/mol. The van der Waals surface area contributed by atoms with Gasteiger partial charge in [-0.3, -0.25) is 9.59 Å². The van der Waals surface area contributed by atoms with Crippen molar-refractivity contribution in [2.45, 2.75) is 38.8 Å². The van der Waals surface area contributed by atoms with E-state index in [1.54, 1.807) is 19.2 Å². The molecule has 1 aliphatic carbocycles. The van der Waals surface area contributed by atoms with Gasteiger partial charge in [-0.2, -0.15) is 0 Å². The summed E-state index contributed by atoms with van der Waals surface area (Å²) in [4.78, 5) is 40.0. The van der Waals surface area contributed by atoms with Gasteiger partial charge < -0.3 is 20.5 Å². The number of carboxylic acid groups (broad SMARTS) is 1. The van der Waals surface area contributed by atoms with Gasteiger partial charge >= 0.3 is 12.1 Å². The maximum Gasteiger partial charge on any atom is 0.407 e. The number of aliphatic carboxylic acids is 1. The molecule has 3 aromatic rings. The number of hydrogen-bond acceptors (Lipinski definition) is 6. The first-order valence-electron chi connectivity index (χ1n) is 11.4. The molecule has 1 heterocycles. The molecule has 35 heavy (non-hydrogen) atoms. The summed E-state index contributed by atoms with van der Waals surface area (Å²) in [6.07, 6.45) is -0.723. The summed E-state index contributed by atoms with van der Waals surface area (Å²) in [5.74, 6) is -1.73. The molecule has 8 nitrogen and oxygen atoms in total. The Morgan fingerprint density at radius 3 is 2.31 bits per heavy atom. The molecule has 0 bridgehead atoms. The van der Waals surface area contributed by atoms with Crippen molar-refractivity contribution >= 4 is 29.3 Å². The number of fused-ring (bicyclic) bond motifs is 3. The van der Waals surface area contributed by atoms with Crippen molar-refractivity contribution in [3.63, 3.8) is 0 Å². The Kier molecular flexibility index (Phi) is 7.45. The number of thiazole rings is 1. The number of carboxylic acids is 1. The van der Waals surface area contributed by atoms with Gasteiger partial charge in [0, 0.05) is 17.3 Å². The molecule has 0 fully saturated rings. The van der Waals surface area contributed by atoms with Crippen LogP contribution in [-0.2, 0) is 27.3 Å². The highest BCUT2D eigenvalue weighted by Gasteiger charge is 2.29. The Balaban J connectivity index is 1.27. The van der Waals surface area contributed by atoms with Gasteiger partial charge in [0.1, 0.15) is 11.6 Å². The molecule has 0 aliphatic heterocycles. The maximum atomic E-state index is 12.5. The van der Waals surface area contributed by atoms with E-state index in [-0.39, 0.29) is 31.4 Å². The van der Waals surface area contributed by atoms with Crippen LogP contribution in [0.2, 0.25) is 0 Å². The summed E-state index contributed by atoms with van der Waals surface area (Å²) in [5, 5.41) is 16.7. The number of nitrogens with zero attached hydrogens (tertiary/aromatic N) is 1. The van der Waals surface area contributed by atoms with Crippen LogP contribution in [0.15, 0.2) is 53.9 Å². The first kappa shape index (κ1) is 24.4. The van der Waals surface area contributed by atoms with Gasteiger partial charge in [-0.25, -0.2) is 9.78 Å². The Hall–Kier alpha value is -3.72. The second kappa shape index (κ2) is 10.7. The third kappa shape index (κ3) is 5.68. The van der Waals surface area contributed by atoms with E-state index >= 15 is 0 Å². The average Bonchev–Trinajstić information content (AvgIpc) is 3.42. The number of ether oxygens (including phenoxy) is 1. The maximum absolute atomic E-state index is 12.5. The molecule has 2 amide bonds. The minimum atomic E-state index is -0.951. The number of hydrogen-bond donors (Lipinski definition) is 3. The van der Waals surface area contributed by atoms with Crippen molar-refractivity contribution in [3.05, 3.63) is 75.7 Å². The molecule has 4 rings (SSSR count). The van der Waals surface area contributed by atoms with Crippen LogP contribution < -0.4 is 10.6 Å². The molecule has 2 unspecified atom stereocenters. The zero-order chi connectivity index (χ0) is 24.9. The predicted octanol–water partition coefficient (Wildman–Crippen LogP) is 3.95. The minimum absolute atomic E-state index is 0.0338. The average molecular weight is 494 g/mol. The van der Waals surface area contributed by atoms with Crippen LogP contribution in [-0.4, -0.2) is 40.7 Å². The second-order valence-corrected chi connectivity index (χ2v) is 9.51. The van der Waals surface area contributed by atoms with Crippen molar-refractivity contribution in [2.75, 3.05) is 6.61 Å². The zero-order valence-electron chi connectivity index (χ0n) is 19.5. The van der Waals surface area contributed by atoms with E-state index in [4.69, 9.17) is 9.84 Å². The lowest BCUT2D eigenvalue weighted by Gasteiger charge is -2.21. The smallest absolute Gasteiger partial charge is 0.407 e. The molecule has 0 spiro atoms. The van der Waals surface area contributed by atoms with E-state index in [1.807, 2.05) is 24.3 Å². The van der Waals surface area contributed by atoms with Gasteiger partial charge in [-0.1, -0.05) is 55.5 Å². The molecule has 0 saturated heterocycles. The largest absolute Gasteiger partial charge is 0.481 e. The fourth-order valence-electron chi connectivity index (χ4n) is 4.17. The molecule has 3 N–H and O–H groups in total. The summed E-state index contributed by atoms with van der Waals surface area (Å²) in [6.45, 7) is 3.88. The van der Waals surface area contributed by atoms with Gasteiger partial charge in [-0.15, -0.1) is 11.3 Å². The minimum Gasteiger partial charge on any atom is -0.481 e. The number of aromatic nitrogens is 1. The molecule has 1 aromatic heterocycles. The van der Waals surface area contributed by atoms with Crippen LogP contribution in [0.25, 0.3) is 11.1 Å². The highest BCUT2D eigenvalue weighted by Crippen LogP contribution is 2.44. The second-order valence-electron chi connectivity index (χ2n) is 8.57. The molecule has 2 atom stereocenters. The fraction of sp³-hybridized carbons (Fsp3) is 0.308. The summed E-state index contributed by atoms with van der Waals surface area (Å²) in [7, 11) is 0. The topological polar surface area (TPSA) is 118 Å². The van der Waals surface area contributed by atoms with E-state index in [0.29, 0.717) is 10.7 Å². The molecule has 1 aliphatic rings. The van der Waals surface area contributed by atoms with Crippen molar-refractivity contribution in [2.24, 2.45) is 5.92 Å². The number of carbonyl (C=O) groups is 3. The Morgan fingerprint density at radius 1 is 1.06 bits per heavy atom. The third-order valence-corrected chi connectivity index (χ3v) is 7.10. The summed E-state index contributed by atoms with van der Waals surface area (Å²) in [5.41, 5.74) is 5.05. The van der Waals surface area contributed by atoms with Gasteiger partial charge in [0.25, 0.3) is 0 Å². The lowest BCUT2D eigenvalue weighted by atomic mass is 9.98. The van der Waals surface area contributed by atoms with Crippen LogP contribution in [0.5, 0.6) is 0 Å². The lowest BCUT2D eigenvalue weighted by molar-refractivity contribution is -0.136. The molecule has 182 valence electrons. The number of carbonyl (C=O) groups excluding carboxylic acids is 2. The SMILES string of the molecule is CC(NC(=O)OCC1c2ccccc2-c2ccccc21)C(C)C(=O)NCc1nc(CC(=O)O)cs1. The highest BCUT2D eigenvalue weighted by atomic mass is 32.1. The van der Waals surface area contributed by atoms with E-state index in [9.17, 15) is 14.4 Å². The summed E-state index contributed by atoms with van der Waals surface area (Å²) in [6, 6.07) is 15.8. The quantitative estimate of drug-likeness (QED) is 0.416. The molecular weight excluding hydrogens is 466 g/mol. The molecule has 9 heteroatoms. The Morgan fingerprint density at radius 2 is 1.69 bits per heavy atom. The van der Waals surface area contributed by atoms with Gasteiger partial charge in [0.05, 0.1) is 24.6 Å². The van der Waals surface area contributed by atoms with Crippen molar-refractivity contribution in [3.8, 4) is 11.1 Å². The van der Waals surface area contributed by atoms with Crippen LogP contribution in [0.4, 0.5) is 4.79 Å². The van der Waals surface area contributed by atoms with E-state index in [2.05, 4.69) is 39.9 Å². The Bertz CT molecular complexity index is 1200. The van der Waals surface area contributed by atoms with Gasteiger partial charge in [-0.05, 0) is 29.2 Å². The molecule has 0 saturated carbocycles. The van der Waals surface area contributed by atoms with Crippen molar-refractivity contribution in [1.29, 1.82) is 0 Å². The van der Waals surface area contributed by atoms with Crippen LogP contribution in [0.1, 0.15) is 41.6 Å². The van der Waals surface area contributed by atoms with Gasteiger partial charge in [0.15, 0.2) is 0 Å². The summed E-state index contributed by atoms with van der Waals surface area (Å²) < 4.78 is 5.57. The van der Waals surface area contributed by atoms with Crippen molar-refractivity contribution in [1.82, 2.24) is 15.6 Å². The van der Waals surface area contributed by atoms with E-state index in [0.717, 1.165) is 22.3 Å². The van der Waals surface area contributed by atoms with Crippen LogP contribution in [0, 0.1) is 5.92 Å². The number of amides is 2. The number of rotatable bonds is 9. The number of nitrogens with one attached hydrogen (secondary N) is 2. The Labute approximate surface area is 207 Å². The monoisotopic (exact) mass is 493 g/mol. The first-order chi connectivity index (χ1) is 16.8. The van der Waals surface area contributed by atoms with Crippen LogP contribution >= 0.6 is 11.3 Å². The normalized spacial score (nSPS) is 13.9. The van der Waals surface area contributed by atoms with E-state index in [1.165, 1.54) is 11.3 Å². The summed E-state index contributed by atoms with van der Waals surface area (Å²) >= 11 is 1.29. The lowest BCUT2D eigenvalue weighted by Crippen LogP contribution is -2.44.